The van der Waals surface area contributed by atoms with Gasteiger partial charge in [0.1, 0.15) is 11.6 Å². The number of carbonyl (C=O) groups excluding carboxylic acids is 1. The number of hydrogen-bond acceptors (Lipinski definition) is 4. The lowest BCUT2D eigenvalue weighted by Crippen LogP contribution is -2.50. The lowest BCUT2D eigenvalue weighted by molar-refractivity contribution is -0.129. The molecular formula is C18H18F2N2O3S2. The van der Waals surface area contributed by atoms with Gasteiger partial charge in [-0.05, 0) is 48.5 Å². The minimum atomic E-state index is -3.70. The van der Waals surface area contributed by atoms with Crippen molar-refractivity contribution in [2.45, 2.75) is 9.79 Å². The first-order valence-corrected chi connectivity index (χ1v) is 10.7. The van der Waals surface area contributed by atoms with Crippen LogP contribution in [0.5, 0.6) is 0 Å². The predicted octanol–water partition coefficient (Wildman–Crippen LogP) is 2.59. The molecule has 1 saturated heterocycles. The summed E-state index contributed by atoms with van der Waals surface area (Å²) >= 11 is 1.31. The van der Waals surface area contributed by atoms with E-state index in [-0.39, 0.29) is 35.5 Å². The first-order valence-electron chi connectivity index (χ1n) is 8.28. The number of thioether (sulfide) groups is 1. The van der Waals surface area contributed by atoms with Crippen LogP contribution in [0.15, 0.2) is 58.3 Å². The average molecular weight is 412 g/mol. The molecule has 0 spiro atoms. The molecule has 0 radical (unpaired) electrons. The summed E-state index contributed by atoms with van der Waals surface area (Å²) in [4.78, 5) is 14.8. The van der Waals surface area contributed by atoms with Gasteiger partial charge in [-0.3, -0.25) is 4.79 Å². The van der Waals surface area contributed by atoms with E-state index in [4.69, 9.17) is 0 Å². The third kappa shape index (κ3) is 4.85. The summed E-state index contributed by atoms with van der Waals surface area (Å²) in [5.41, 5.74) is 0. The fraction of sp³-hybridized carbons (Fsp3) is 0.278. The van der Waals surface area contributed by atoms with Gasteiger partial charge in [-0.25, -0.2) is 17.2 Å². The van der Waals surface area contributed by atoms with E-state index in [0.717, 1.165) is 17.0 Å². The molecule has 0 atom stereocenters. The van der Waals surface area contributed by atoms with Crippen molar-refractivity contribution < 1.29 is 22.0 Å². The number of benzene rings is 2. The van der Waals surface area contributed by atoms with Crippen LogP contribution in [0.3, 0.4) is 0 Å². The Hall–Kier alpha value is -1.97. The van der Waals surface area contributed by atoms with Gasteiger partial charge in [-0.2, -0.15) is 4.31 Å². The molecule has 0 bridgehead atoms. The molecule has 1 aliphatic rings. The van der Waals surface area contributed by atoms with Gasteiger partial charge in [0, 0.05) is 31.1 Å². The summed E-state index contributed by atoms with van der Waals surface area (Å²) in [6.07, 6.45) is 0. The zero-order valence-corrected chi connectivity index (χ0v) is 16.0. The molecule has 9 heteroatoms. The Morgan fingerprint density at radius 1 is 0.889 bits per heavy atom. The van der Waals surface area contributed by atoms with Crippen molar-refractivity contribution >= 4 is 27.7 Å². The van der Waals surface area contributed by atoms with Crippen LogP contribution < -0.4 is 0 Å². The molecule has 0 saturated carbocycles. The van der Waals surface area contributed by atoms with Gasteiger partial charge < -0.3 is 4.90 Å². The van der Waals surface area contributed by atoms with Crippen LogP contribution in [-0.4, -0.2) is 55.5 Å². The molecule has 1 fully saturated rings. The van der Waals surface area contributed by atoms with Gasteiger partial charge in [0.2, 0.25) is 15.9 Å². The van der Waals surface area contributed by atoms with Crippen molar-refractivity contribution in [2.75, 3.05) is 31.9 Å². The average Bonchev–Trinajstić information content (AvgIpc) is 2.68. The summed E-state index contributed by atoms with van der Waals surface area (Å²) in [6.45, 7) is 0.964. The smallest absolute Gasteiger partial charge is 0.243 e. The maximum Gasteiger partial charge on any atom is 0.243 e. The van der Waals surface area contributed by atoms with Gasteiger partial charge in [0.05, 0.1) is 10.6 Å². The number of carbonyl (C=O) groups is 1. The molecule has 1 aliphatic heterocycles. The molecule has 0 aliphatic carbocycles. The van der Waals surface area contributed by atoms with Crippen LogP contribution >= 0.6 is 11.8 Å². The number of rotatable bonds is 5. The van der Waals surface area contributed by atoms with Gasteiger partial charge in [-0.15, -0.1) is 11.8 Å². The van der Waals surface area contributed by atoms with Gasteiger partial charge in [0.15, 0.2) is 0 Å². The summed E-state index contributed by atoms with van der Waals surface area (Å²) < 4.78 is 52.4. The molecule has 1 heterocycles. The van der Waals surface area contributed by atoms with Gasteiger partial charge in [0.25, 0.3) is 0 Å². The van der Waals surface area contributed by atoms with Crippen molar-refractivity contribution in [3.63, 3.8) is 0 Å². The van der Waals surface area contributed by atoms with Crippen molar-refractivity contribution in [2.24, 2.45) is 0 Å². The molecule has 0 aromatic heterocycles. The highest BCUT2D eigenvalue weighted by molar-refractivity contribution is 8.00. The van der Waals surface area contributed by atoms with E-state index in [0.29, 0.717) is 13.1 Å². The summed E-state index contributed by atoms with van der Waals surface area (Å²) in [5, 5.41) is 0. The maximum atomic E-state index is 13.0. The van der Waals surface area contributed by atoms with Crippen molar-refractivity contribution in [1.29, 1.82) is 0 Å². The fourth-order valence-electron chi connectivity index (χ4n) is 2.70. The van der Waals surface area contributed by atoms with E-state index in [1.807, 2.05) is 0 Å². The van der Waals surface area contributed by atoms with E-state index >= 15 is 0 Å². The van der Waals surface area contributed by atoms with E-state index in [1.54, 1.807) is 17.0 Å². The van der Waals surface area contributed by atoms with E-state index in [2.05, 4.69) is 0 Å². The van der Waals surface area contributed by atoms with Crippen LogP contribution in [0.2, 0.25) is 0 Å². The Bertz CT molecular complexity index is 895. The van der Waals surface area contributed by atoms with E-state index in [9.17, 15) is 22.0 Å². The molecule has 2 aromatic carbocycles. The number of sulfonamides is 1. The lowest BCUT2D eigenvalue weighted by atomic mass is 10.3. The first-order chi connectivity index (χ1) is 12.9. The third-order valence-corrected chi connectivity index (χ3v) is 7.13. The number of hydrogen-bond donors (Lipinski definition) is 0. The summed E-state index contributed by atoms with van der Waals surface area (Å²) in [5.74, 6) is -0.716. The molecule has 144 valence electrons. The second-order valence-electron chi connectivity index (χ2n) is 5.98. The maximum absolute atomic E-state index is 13.0. The minimum absolute atomic E-state index is 0.0375. The number of halogens is 2. The Labute approximate surface area is 161 Å². The molecule has 0 N–H and O–H groups in total. The van der Waals surface area contributed by atoms with Crippen LogP contribution in [0.25, 0.3) is 0 Å². The molecule has 5 nitrogen and oxygen atoms in total. The first kappa shape index (κ1) is 19.8. The molecule has 2 aromatic rings. The largest absolute Gasteiger partial charge is 0.339 e. The Morgan fingerprint density at radius 2 is 1.41 bits per heavy atom. The monoisotopic (exact) mass is 412 g/mol. The predicted molar refractivity (Wildman–Crippen MR) is 98.9 cm³/mol. The van der Waals surface area contributed by atoms with E-state index < -0.39 is 15.8 Å². The molecular weight excluding hydrogens is 394 g/mol. The van der Waals surface area contributed by atoms with Gasteiger partial charge >= 0.3 is 0 Å². The van der Waals surface area contributed by atoms with Crippen LogP contribution in [0.4, 0.5) is 8.78 Å². The SMILES string of the molecule is O=C(CSc1ccc(F)cc1)N1CCN(S(=O)(=O)c2ccc(F)cc2)CC1. The van der Waals surface area contributed by atoms with Gasteiger partial charge in [-0.1, -0.05) is 0 Å². The highest BCUT2D eigenvalue weighted by atomic mass is 32.2. The fourth-order valence-corrected chi connectivity index (χ4v) is 4.92. The Morgan fingerprint density at radius 3 is 1.96 bits per heavy atom. The second-order valence-corrected chi connectivity index (χ2v) is 8.97. The van der Waals surface area contributed by atoms with Crippen molar-refractivity contribution in [3.05, 3.63) is 60.2 Å². The molecule has 1 amide bonds. The number of amides is 1. The van der Waals surface area contributed by atoms with E-state index in [1.165, 1.54) is 40.3 Å². The van der Waals surface area contributed by atoms with Crippen LogP contribution in [-0.2, 0) is 14.8 Å². The van der Waals surface area contributed by atoms with Crippen molar-refractivity contribution in [1.82, 2.24) is 9.21 Å². The van der Waals surface area contributed by atoms with Crippen LogP contribution in [0.1, 0.15) is 0 Å². The standard InChI is InChI=1S/C18H18F2N2O3S2/c19-14-1-5-16(6-2-14)26-13-18(23)21-9-11-22(12-10-21)27(24,25)17-7-3-15(20)4-8-17/h1-8H,9-13H2. The molecule has 27 heavy (non-hydrogen) atoms. The number of piperazine rings is 1. The molecule has 3 rings (SSSR count). The Balaban J connectivity index is 1.54. The van der Waals surface area contributed by atoms with Crippen molar-refractivity contribution in [3.8, 4) is 0 Å². The molecule has 0 unspecified atom stereocenters. The minimum Gasteiger partial charge on any atom is -0.339 e. The lowest BCUT2D eigenvalue weighted by Gasteiger charge is -2.34. The normalized spacial score (nSPS) is 15.7. The topological polar surface area (TPSA) is 57.7 Å². The zero-order valence-electron chi connectivity index (χ0n) is 14.3. The highest BCUT2D eigenvalue weighted by Crippen LogP contribution is 2.21. The Kier molecular flexibility index (Phi) is 6.13. The zero-order chi connectivity index (χ0) is 19.4. The summed E-state index contributed by atoms with van der Waals surface area (Å²) in [6, 6.07) is 10.6. The quantitative estimate of drug-likeness (QED) is 0.709. The summed E-state index contributed by atoms with van der Waals surface area (Å²) in [7, 11) is -3.70. The highest BCUT2D eigenvalue weighted by Gasteiger charge is 2.30. The number of nitrogens with zero attached hydrogens (tertiary/aromatic N) is 2. The second kappa shape index (κ2) is 8.37. The van der Waals surface area contributed by atoms with Crippen LogP contribution in [0, 0.1) is 11.6 Å². The third-order valence-electron chi connectivity index (χ3n) is 4.22.